The van der Waals surface area contributed by atoms with Crippen molar-refractivity contribution in [3.05, 3.63) is 11.4 Å². The summed E-state index contributed by atoms with van der Waals surface area (Å²) < 4.78 is 10.4. The Balaban J connectivity index is 2.89. The van der Waals surface area contributed by atoms with Gasteiger partial charge in [-0.3, -0.25) is 0 Å². The first-order chi connectivity index (χ1) is 7.11. The topological polar surface area (TPSA) is 95.7 Å². The van der Waals surface area contributed by atoms with Gasteiger partial charge in [0.2, 0.25) is 0 Å². The second kappa shape index (κ2) is 2.87. The zero-order valence-electron chi connectivity index (χ0n) is 8.04. The fourth-order valence-corrected chi connectivity index (χ4v) is 1.45. The lowest BCUT2D eigenvalue weighted by atomic mass is 10.4. The molecule has 15 heavy (non-hydrogen) atoms. The van der Waals surface area contributed by atoms with Gasteiger partial charge in [-0.2, -0.15) is 0 Å². The summed E-state index contributed by atoms with van der Waals surface area (Å²) >= 11 is 0. The van der Waals surface area contributed by atoms with Gasteiger partial charge in [-0.25, -0.2) is 0 Å². The molecule has 0 fully saturated rings. The Kier molecular flexibility index (Phi) is 1.78. The molecule has 82 valence electrons. The molecule has 2 rings (SSSR count). The minimum atomic E-state index is -0.0145. The van der Waals surface area contributed by atoms with Crippen LogP contribution in [0.3, 0.4) is 0 Å². The zero-order chi connectivity index (χ0) is 11.2. The van der Waals surface area contributed by atoms with Crippen LogP contribution in [0.15, 0.2) is 6.20 Å². The Morgan fingerprint density at radius 2 is 2.00 bits per heavy atom. The van der Waals surface area contributed by atoms with E-state index in [2.05, 4.69) is 0 Å². The van der Waals surface area contributed by atoms with Crippen molar-refractivity contribution in [2.45, 2.75) is 0 Å². The predicted molar refractivity (Wildman–Crippen MR) is 46.4 cm³/mol. The molecule has 2 N–H and O–H groups in total. The molecule has 0 radical (unpaired) electrons. The van der Waals surface area contributed by atoms with E-state index in [1.807, 2.05) is 0 Å². The number of methoxy groups -OCH3 is 2. The normalized spacial score (nSPS) is 10.8. The lowest BCUT2D eigenvalue weighted by molar-refractivity contribution is -0.703. The second-order valence-corrected chi connectivity index (χ2v) is 2.81. The van der Waals surface area contributed by atoms with Crippen LogP contribution < -0.4 is 14.3 Å². The first-order valence-corrected chi connectivity index (χ1v) is 3.98. The van der Waals surface area contributed by atoms with Crippen LogP contribution in [-0.4, -0.2) is 34.2 Å². The van der Waals surface area contributed by atoms with Crippen LogP contribution >= 0.6 is 0 Å². The maximum atomic E-state index is 11.4. The van der Waals surface area contributed by atoms with Crippen molar-refractivity contribution in [1.82, 2.24) is 9.58 Å². The van der Waals surface area contributed by atoms with Crippen LogP contribution in [0.1, 0.15) is 0 Å². The van der Waals surface area contributed by atoms with Gasteiger partial charge in [0.1, 0.15) is 6.20 Å². The molecule has 0 unspecified atom stereocenters. The quantitative estimate of drug-likeness (QED) is 0.402. The standard InChI is InChI=1S/C7H9N3O5/c1-14-6-5-4(3-8(11)10(5)13)9(12)7(6)15-2/h3,11-12H,1-2H3. The van der Waals surface area contributed by atoms with Gasteiger partial charge in [0.05, 0.1) is 14.2 Å². The summed E-state index contributed by atoms with van der Waals surface area (Å²) in [5, 5.41) is 30.0. The van der Waals surface area contributed by atoms with Crippen molar-refractivity contribution in [2.24, 2.45) is 0 Å². The fraction of sp³-hybridized carbons (Fsp3) is 0.286. The Morgan fingerprint density at radius 1 is 1.33 bits per heavy atom. The summed E-state index contributed by atoms with van der Waals surface area (Å²) in [5.41, 5.74) is 0.0700. The molecule has 8 nitrogen and oxygen atoms in total. The Hall–Kier alpha value is -2.25. The summed E-state index contributed by atoms with van der Waals surface area (Å²) in [4.78, 5) is 0.461. The van der Waals surface area contributed by atoms with E-state index in [1.54, 1.807) is 0 Å². The van der Waals surface area contributed by atoms with Crippen molar-refractivity contribution in [2.75, 3.05) is 14.2 Å². The molecular weight excluding hydrogens is 206 g/mol. The number of hydrogen-bond acceptors (Lipinski definition) is 5. The molecule has 0 spiro atoms. The van der Waals surface area contributed by atoms with Crippen molar-refractivity contribution >= 4 is 11.0 Å². The lowest BCUT2D eigenvalue weighted by Crippen LogP contribution is -2.35. The SMILES string of the molecule is COc1c(OC)n(O)c2cn(O)[n+]([O-])c12. The largest absolute Gasteiger partial charge is 0.593 e. The van der Waals surface area contributed by atoms with Crippen LogP contribution in [0, 0.1) is 5.21 Å². The van der Waals surface area contributed by atoms with Gasteiger partial charge in [0, 0.05) is 4.85 Å². The van der Waals surface area contributed by atoms with Gasteiger partial charge in [-0.1, -0.05) is 0 Å². The highest BCUT2D eigenvalue weighted by Crippen LogP contribution is 2.35. The number of hydrogen-bond donors (Lipinski definition) is 2. The molecule has 0 bridgehead atoms. The van der Waals surface area contributed by atoms with E-state index in [4.69, 9.17) is 14.7 Å². The van der Waals surface area contributed by atoms with Gasteiger partial charge in [0.25, 0.3) is 11.6 Å². The second-order valence-electron chi connectivity index (χ2n) is 2.81. The summed E-state index contributed by atoms with van der Waals surface area (Å²) in [6.07, 6.45) is 1.04. The molecule has 0 saturated heterocycles. The van der Waals surface area contributed by atoms with Crippen LogP contribution in [-0.2, 0) is 0 Å². The number of ether oxygens (including phenoxy) is 2. The smallest absolute Gasteiger partial charge is 0.322 e. The van der Waals surface area contributed by atoms with Gasteiger partial charge in [0.15, 0.2) is 5.52 Å². The van der Waals surface area contributed by atoms with E-state index < -0.39 is 0 Å². The number of aromatic nitrogens is 3. The van der Waals surface area contributed by atoms with E-state index in [-0.39, 0.29) is 27.5 Å². The first-order valence-electron chi connectivity index (χ1n) is 3.98. The monoisotopic (exact) mass is 215 g/mol. The molecule has 2 heterocycles. The van der Waals surface area contributed by atoms with Gasteiger partial charge in [-0.15, -0.1) is 4.73 Å². The molecule has 0 saturated carbocycles. The summed E-state index contributed by atoms with van der Waals surface area (Å²) in [7, 11) is 2.65. The number of nitrogens with zero attached hydrogens (tertiary/aromatic N) is 3. The van der Waals surface area contributed by atoms with Crippen LogP contribution in [0.4, 0.5) is 0 Å². The van der Waals surface area contributed by atoms with Crippen molar-refractivity contribution < 1.29 is 24.7 Å². The molecule has 0 amide bonds. The van der Waals surface area contributed by atoms with Gasteiger partial charge in [-0.05, 0) is 4.85 Å². The minimum absolute atomic E-state index is 0.00676. The maximum Gasteiger partial charge on any atom is 0.322 e. The van der Waals surface area contributed by atoms with Crippen LogP contribution in [0.2, 0.25) is 0 Å². The van der Waals surface area contributed by atoms with E-state index in [0.717, 1.165) is 6.20 Å². The third-order valence-electron chi connectivity index (χ3n) is 2.09. The molecule has 2 aromatic rings. The van der Waals surface area contributed by atoms with Crippen molar-refractivity contribution in [3.8, 4) is 11.6 Å². The minimum Gasteiger partial charge on any atom is -0.593 e. The maximum absolute atomic E-state index is 11.4. The molecule has 0 aliphatic carbocycles. The van der Waals surface area contributed by atoms with E-state index in [9.17, 15) is 10.4 Å². The Morgan fingerprint density at radius 3 is 2.53 bits per heavy atom. The Labute approximate surface area is 83.6 Å². The number of rotatable bonds is 2. The zero-order valence-corrected chi connectivity index (χ0v) is 8.04. The van der Waals surface area contributed by atoms with E-state index >= 15 is 0 Å². The molecule has 0 aromatic carbocycles. The summed E-state index contributed by atoms with van der Waals surface area (Å²) in [6.45, 7) is 0. The highest BCUT2D eigenvalue weighted by Gasteiger charge is 2.29. The average molecular weight is 215 g/mol. The molecule has 2 aromatic heterocycles. The molecule has 0 aliphatic heterocycles. The average Bonchev–Trinajstić information content (AvgIpc) is 2.65. The summed E-state index contributed by atoms with van der Waals surface area (Å²) in [6, 6.07) is 0. The predicted octanol–water partition coefficient (Wildman–Crippen LogP) is -0.432. The highest BCUT2D eigenvalue weighted by molar-refractivity contribution is 5.82. The molecule has 0 aliphatic rings. The van der Waals surface area contributed by atoms with Crippen molar-refractivity contribution in [1.29, 1.82) is 0 Å². The third kappa shape index (κ3) is 0.981. The lowest BCUT2D eigenvalue weighted by Gasteiger charge is -2.02. The highest BCUT2D eigenvalue weighted by atomic mass is 16.6. The molecule has 8 heteroatoms. The van der Waals surface area contributed by atoms with E-state index in [0.29, 0.717) is 9.58 Å². The van der Waals surface area contributed by atoms with Crippen LogP contribution in [0.25, 0.3) is 11.0 Å². The van der Waals surface area contributed by atoms with Gasteiger partial charge < -0.3 is 25.1 Å². The summed E-state index contributed by atoms with van der Waals surface area (Å²) in [5.74, 6) is 0.0468. The van der Waals surface area contributed by atoms with Crippen LogP contribution in [0.5, 0.6) is 11.6 Å². The molecule has 0 atom stereocenters. The fourth-order valence-electron chi connectivity index (χ4n) is 1.45. The van der Waals surface area contributed by atoms with Gasteiger partial charge >= 0.3 is 5.52 Å². The van der Waals surface area contributed by atoms with E-state index in [1.165, 1.54) is 14.2 Å². The Bertz CT molecular complexity index is 514. The molecular formula is C7H9N3O5. The first kappa shape index (κ1) is 9.31. The number of fused-ring (bicyclic) bond motifs is 1. The third-order valence-corrected chi connectivity index (χ3v) is 2.09. The van der Waals surface area contributed by atoms with Crippen molar-refractivity contribution in [3.63, 3.8) is 0 Å².